The highest BCUT2D eigenvalue weighted by Crippen LogP contribution is 2.18. The van der Waals surface area contributed by atoms with Crippen molar-refractivity contribution in [2.45, 2.75) is 25.6 Å². The van der Waals surface area contributed by atoms with E-state index in [1.165, 1.54) is 18.3 Å². The van der Waals surface area contributed by atoms with Gasteiger partial charge in [0.25, 0.3) is 0 Å². The molecule has 2 N–H and O–H groups in total. The van der Waals surface area contributed by atoms with Gasteiger partial charge in [-0.1, -0.05) is 25.1 Å². The van der Waals surface area contributed by atoms with Gasteiger partial charge in [0.2, 0.25) is 10.0 Å². The van der Waals surface area contributed by atoms with E-state index in [-0.39, 0.29) is 13.1 Å². The van der Waals surface area contributed by atoms with Crippen molar-refractivity contribution >= 4 is 21.7 Å². The number of benzene rings is 1. The average Bonchev–Trinajstić information content (AvgIpc) is 2.44. The summed E-state index contributed by atoms with van der Waals surface area (Å²) in [5, 5.41) is -1.24. The van der Waals surface area contributed by atoms with Crippen molar-refractivity contribution in [2.24, 2.45) is 0 Å². The molecule has 0 heterocycles. The number of esters is 1. The maximum atomic E-state index is 12.4. The third-order valence-electron chi connectivity index (χ3n) is 3.09. The molecule has 0 saturated heterocycles. The Morgan fingerprint density at radius 2 is 2.00 bits per heavy atom. The minimum Gasteiger partial charge on any atom is -0.468 e. The highest BCUT2D eigenvalue weighted by atomic mass is 32.2. The second-order valence-electron chi connectivity index (χ2n) is 4.34. The van der Waals surface area contributed by atoms with Gasteiger partial charge >= 0.3 is 5.97 Å². The summed E-state index contributed by atoms with van der Waals surface area (Å²) in [6.07, 6.45) is 0. The topological polar surface area (TPSA) is 89.7 Å². The smallest absolute Gasteiger partial charge is 0.325 e. The van der Waals surface area contributed by atoms with Crippen LogP contribution in [0.5, 0.6) is 0 Å². The predicted octanol–water partition coefficient (Wildman–Crippen LogP) is 0.982. The number of nitrogen functional groups attached to an aromatic ring is 1. The molecule has 1 aromatic carbocycles. The zero-order valence-electron chi connectivity index (χ0n) is 11.9. The number of nitrogens with zero attached hydrogens (tertiary/aromatic N) is 1. The number of sulfonamides is 1. The van der Waals surface area contributed by atoms with Crippen LogP contribution in [0.2, 0.25) is 0 Å². The molecule has 7 heteroatoms. The lowest BCUT2D eigenvalue weighted by Gasteiger charge is -2.24. The van der Waals surface area contributed by atoms with Crippen molar-refractivity contribution in [3.63, 3.8) is 0 Å². The molecule has 0 radical (unpaired) electrons. The van der Waals surface area contributed by atoms with E-state index in [4.69, 9.17) is 5.73 Å². The number of anilines is 1. The van der Waals surface area contributed by atoms with Crippen molar-refractivity contribution in [1.29, 1.82) is 0 Å². The molecule has 0 aliphatic heterocycles. The van der Waals surface area contributed by atoms with Gasteiger partial charge in [-0.2, -0.15) is 4.31 Å². The summed E-state index contributed by atoms with van der Waals surface area (Å²) in [5.41, 5.74) is 7.04. The molecule has 1 aromatic rings. The van der Waals surface area contributed by atoms with E-state index >= 15 is 0 Å². The number of carbonyl (C=O) groups excluding carboxylic acids is 1. The molecule has 0 saturated carbocycles. The summed E-state index contributed by atoms with van der Waals surface area (Å²) in [6.45, 7) is 3.41. The number of ether oxygens (including phenoxy) is 1. The zero-order valence-corrected chi connectivity index (χ0v) is 12.7. The van der Waals surface area contributed by atoms with Crippen LogP contribution in [-0.4, -0.2) is 37.6 Å². The van der Waals surface area contributed by atoms with Crippen LogP contribution < -0.4 is 5.73 Å². The van der Waals surface area contributed by atoms with Gasteiger partial charge in [-0.15, -0.1) is 0 Å². The number of hydrogen-bond donors (Lipinski definition) is 1. The van der Waals surface area contributed by atoms with Crippen LogP contribution in [0.1, 0.15) is 19.4 Å². The van der Waals surface area contributed by atoms with Crippen LogP contribution >= 0.6 is 0 Å². The number of methoxy groups -OCH3 is 1. The van der Waals surface area contributed by atoms with Gasteiger partial charge in [0.1, 0.15) is 0 Å². The molecule has 0 amide bonds. The van der Waals surface area contributed by atoms with Crippen molar-refractivity contribution in [3.8, 4) is 0 Å². The Morgan fingerprint density at radius 3 is 2.50 bits per heavy atom. The SMILES string of the molecule is CCN(Cc1ccccc1N)S(=O)(=O)C(C)C(=O)OC. The van der Waals surface area contributed by atoms with Gasteiger partial charge in [0.05, 0.1) is 7.11 Å². The molecule has 112 valence electrons. The van der Waals surface area contributed by atoms with E-state index < -0.39 is 21.2 Å². The normalized spacial score (nSPS) is 13.2. The van der Waals surface area contributed by atoms with Crippen LogP contribution in [0.25, 0.3) is 0 Å². The molecular formula is C13H20N2O4S. The molecule has 1 atom stereocenters. The number of nitrogens with two attached hydrogens (primary N) is 1. The molecular weight excluding hydrogens is 280 g/mol. The van der Waals surface area contributed by atoms with E-state index in [2.05, 4.69) is 4.74 Å². The lowest BCUT2D eigenvalue weighted by Crippen LogP contribution is -2.41. The summed E-state index contributed by atoms with van der Waals surface area (Å²) in [6, 6.07) is 7.03. The Bertz CT molecular complexity index is 571. The molecule has 0 spiro atoms. The van der Waals surface area contributed by atoms with Crippen molar-refractivity contribution in [3.05, 3.63) is 29.8 Å². The van der Waals surface area contributed by atoms with Crippen LogP contribution in [0.4, 0.5) is 5.69 Å². The number of para-hydroxylation sites is 1. The number of carbonyl (C=O) groups is 1. The third kappa shape index (κ3) is 3.49. The largest absolute Gasteiger partial charge is 0.468 e. The molecule has 6 nitrogen and oxygen atoms in total. The van der Waals surface area contributed by atoms with Crippen molar-refractivity contribution < 1.29 is 17.9 Å². The summed E-state index contributed by atoms with van der Waals surface area (Å²) < 4.78 is 30.4. The van der Waals surface area contributed by atoms with Crippen LogP contribution in [0.3, 0.4) is 0 Å². The van der Waals surface area contributed by atoms with E-state index in [9.17, 15) is 13.2 Å². The quantitative estimate of drug-likeness (QED) is 0.625. The first-order valence-electron chi connectivity index (χ1n) is 6.24. The lowest BCUT2D eigenvalue weighted by molar-refractivity contribution is -0.139. The highest BCUT2D eigenvalue weighted by molar-refractivity contribution is 7.90. The summed E-state index contributed by atoms with van der Waals surface area (Å²) in [5.74, 6) is -0.774. The fraction of sp³-hybridized carbons (Fsp3) is 0.462. The average molecular weight is 300 g/mol. The maximum absolute atomic E-state index is 12.4. The monoisotopic (exact) mass is 300 g/mol. The predicted molar refractivity (Wildman–Crippen MR) is 77.3 cm³/mol. The molecule has 1 rings (SSSR count). The fourth-order valence-corrected chi connectivity index (χ4v) is 3.23. The Hall–Kier alpha value is -1.60. The van der Waals surface area contributed by atoms with Crippen LogP contribution in [-0.2, 0) is 26.1 Å². The Morgan fingerprint density at radius 1 is 1.40 bits per heavy atom. The molecule has 0 fully saturated rings. The Labute approximate surface area is 119 Å². The fourth-order valence-electron chi connectivity index (χ4n) is 1.76. The summed E-state index contributed by atoms with van der Waals surface area (Å²) >= 11 is 0. The number of rotatable bonds is 6. The van der Waals surface area contributed by atoms with Gasteiger partial charge < -0.3 is 10.5 Å². The third-order valence-corrected chi connectivity index (χ3v) is 5.29. The molecule has 0 bridgehead atoms. The van der Waals surface area contributed by atoms with E-state index in [0.717, 1.165) is 0 Å². The second kappa shape index (κ2) is 6.71. The highest BCUT2D eigenvalue weighted by Gasteiger charge is 2.34. The van der Waals surface area contributed by atoms with Crippen LogP contribution in [0, 0.1) is 0 Å². The van der Waals surface area contributed by atoms with Crippen molar-refractivity contribution in [1.82, 2.24) is 4.31 Å². The first kappa shape index (κ1) is 16.5. The number of hydrogen-bond acceptors (Lipinski definition) is 5. The van der Waals surface area contributed by atoms with Gasteiger partial charge in [0, 0.05) is 18.8 Å². The maximum Gasteiger partial charge on any atom is 0.325 e. The Balaban J connectivity index is 3.02. The molecule has 1 unspecified atom stereocenters. The Kier molecular flexibility index (Phi) is 5.52. The van der Waals surface area contributed by atoms with Gasteiger partial charge in [-0.3, -0.25) is 4.79 Å². The first-order chi connectivity index (χ1) is 9.34. The van der Waals surface area contributed by atoms with Gasteiger partial charge in [-0.05, 0) is 18.6 Å². The standard InChI is InChI=1S/C13H20N2O4S/c1-4-15(9-11-7-5-6-8-12(11)14)20(17,18)10(2)13(16)19-3/h5-8,10H,4,9,14H2,1-3H3. The lowest BCUT2D eigenvalue weighted by atomic mass is 10.2. The second-order valence-corrected chi connectivity index (χ2v) is 6.59. The minimum absolute atomic E-state index is 0.132. The van der Waals surface area contributed by atoms with Gasteiger partial charge in [0.15, 0.2) is 5.25 Å². The first-order valence-corrected chi connectivity index (χ1v) is 7.75. The zero-order chi connectivity index (χ0) is 15.3. The summed E-state index contributed by atoms with van der Waals surface area (Å²) in [7, 11) is -2.61. The molecule has 0 aliphatic carbocycles. The summed E-state index contributed by atoms with van der Waals surface area (Å²) in [4.78, 5) is 11.4. The molecule has 0 aliphatic rings. The van der Waals surface area contributed by atoms with E-state index in [0.29, 0.717) is 11.3 Å². The van der Waals surface area contributed by atoms with Crippen molar-refractivity contribution in [2.75, 3.05) is 19.4 Å². The molecule has 0 aromatic heterocycles. The van der Waals surface area contributed by atoms with E-state index in [1.54, 1.807) is 31.2 Å². The van der Waals surface area contributed by atoms with Gasteiger partial charge in [-0.25, -0.2) is 8.42 Å². The minimum atomic E-state index is -3.77. The van der Waals surface area contributed by atoms with E-state index in [1.807, 2.05) is 0 Å². The molecule has 20 heavy (non-hydrogen) atoms. The van der Waals surface area contributed by atoms with Crippen LogP contribution in [0.15, 0.2) is 24.3 Å².